The number of carbonyl (C=O) groups is 1. The van der Waals surface area contributed by atoms with Crippen LogP contribution in [0.15, 0.2) is 18.2 Å². The zero-order chi connectivity index (χ0) is 14.5. The van der Waals surface area contributed by atoms with E-state index in [1.807, 2.05) is 26.8 Å². The molecule has 1 saturated carbocycles. The Labute approximate surface area is 125 Å². The van der Waals surface area contributed by atoms with Gasteiger partial charge in [-0.1, -0.05) is 17.7 Å². The summed E-state index contributed by atoms with van der Waals surface area (Å²) in [5.74, 6) is -0.0374. The number of esters is 1. The van der Waals surface area contributed by atoms with Crippen LogP contribution in [0.3, 0.4) is 0 Å². The molecule has 3 heteroatoms. The van der Waals surface area contributed by atoms with E-state index in [9.17, 15) is 4.79 Å². The molecule has 0 aromatic heterocycles. The topological polar surface area (TPSA) is 26.3 Å². The van der Waals surface area contributed by atoms with Gasteiger partial charge >= 0.3 is 5.97 Å². The molecule has 1 fully saturated rings. The second-order valence-electron chi connectivity index (χ2n) is 7.10. The summed E-state index contributed by atoms with van der Waals surface area (Å²) < 4.78 is 5.56. The average molecular weight is 293 g/mol. The minimum Gasteiger partial charge on any atom is -0.460 e. The zero-order valence-electron chi connectivity index (χ0n) is 12.3. The molecule has 2 aliphatic rings. The molecule has 2 unspecified atom stereocenters. The van der Waals surface area contributed by atoms with Gasteiger partial charge in [-0.3, -0.25) is 4.79 Å². The van der Waals surface area contributed by atoms with Crippen molar-refractivity contribution >= 4 is 17.6 Å². The lowest BCUT2D eigenvalue weighted by Gasteiger charge is -2.27. The lowest BCUT2D eigenvalue weighted by atomic mass is 9.78. The van der Waals surface area contributed by atoms with Crippen molar-refractivity contribution < 1.29 is 9.53 Å². The fourth-order valence-corrected chi connectivity index (χ4v) is 3.69. The Hall–Kier alpha value is -1.02. The summed E-state index contributed by atoms with van der Waals surface area (Å²) in [6.45, 7) is 5.77. The van der Waals surface area contributed by atoms with E-state index in [1.54, 1.807) is 0 Å². The number of carbonyl (C=O) groups excluding carboxylic acids is 1. The number of benzene rings is 1. The van der Waals surface area contributed by atoms with Crippen molar-refractivity contribution in [2.75, 3.05) is 0 Å². The third-order valence-corrected chi connectivity index (χ3v) is 4.68. The van der Waals surface area contributed by atoms with Crippen LogP contribution in [0.25, 0.3) is 0 Å². The molecule has 0 amide bonds. The molecule has 0 radical (unpaired) electrons. The largest absolute Gasteiger partial charge is 0.460 e. The van der Waals surface area contributed by atoms with Crippen molar-refractivity contribution in [3.8, 4) is 0 Å². The van der Waals surface area contributed by atoms with E-state index in [0.29, 0.717) is 0 Å². The number of ether oxygens (including phenoxy) is 1. The third kappa shape index (κ3) is 2.35. The first kappa shape index (κ1) is 13.9. The van der Waals surface area contributed by atoms with Crippen molar-refractivity contribution in [2.45, 2.75) is 57.5 Å². The molecule has 1 aromatic rings. The van der Waals surface area contributed by atoms with E-state index in [-0.39, 0.29) is 17.3 Å². The van der Waals surface area contributed by atoms with Crippen LogP contribution in [-0.4, -0.2) is 11.6 Å². The first-order valence-corrected chi connectivity index (χ1v) is 7.71. The van der Waals surface area contributed by atoms with Crippen molar-refractivity contribution in [1.29, 1.82) is 0 Å². The molecule has 3 rings (SSSR count). The third-order valence-electron chi connectivity index (χ3n) is 4.44. The highest BCUT2D eigenvalue weighted by molar-refractivity contribution is 6.30. The van der Waals surface area contributed by atoms with Gasteiger partial charge in [0.1, 0.15) is 5.60 Å². The predicted molar refractivity (Wildman–Crippen MR) is 80.0 cm³/mol. The molecule has 2 aliphatic carbocycles. The maximum Gasteiger partial charge on any atom is 0.310 e. The number of rotatable bonds is 1. The van der Waals surface area contributed by atoms with Crippen molar-refractivity contribution in [1.82, 2.24) is 0 Å². The fraction of sp³-hybridized carbons (Fsp3) is 0.588. The smallest absolute Gasteiger partial charge is 0.310 e. The summed E-state index contributed by atoms with van der Waals surface area (Å²) in [7, 11) is 0. The summed E-state index contributed by atoms with van der Waals surface area (Å²) >= 11 is 6.15. The first-order valence-electron chi connectivity index (χ1n) is 7.34. The Bertz CT molecular complexity index is 559. The monoisotopic (exact) mass is 292 g/mol. The SMILES string of the molecule is CC(C)(C)OC(=O)C1CC12CCCc1ccc(Cl)cc12. The van der Waals surface area contributed by atoms with E-state index < -0.39 is 5.60 Å². The van der Waals surface area contributed by atoms with Gasteiger partial charge in [-0.2, -0.15) is 0 Å². The van der Waals surface area contributed by atoms with E-state index >= 15 is 0 Å². The molecule has 1 spiro atoms. The summed E-state index contributed by atoms with van der Waals surface area (Å²) in [6, 6.07) is 6.12. The van der Waals surface area contributed by atoms with Gasteiger partial charge in [-0.15, -0.1) is 0 Å². The Balaban J connectivity index is 1.87. The Morgan fingerprint density at radius 3 is 2.85 bits per heavy atom. The molecule has 0 N–H and O–H groups in total. The fourth-order valence-electron chi connectivity index (χ4n) is 3.52. The number of fused-ring (bicyclic) bond motifs is 2. The molecule has 0 bridgehead atoms. The second kappa shape index (κ2) is 4.49. The van der Waals surface area contributed by atoms with Gasteiger partial charge in [-0.05, 0) is 69.7 Å². The summed E-state index contributed by atoms with van der Waals surface area (Å²) in [6.07, 6.45) is 4.22. The lowest BCUT2D eigenvalue weighted by Crippen LogP contribution is -2.28. The second-order valence-corrected chi connectivity index (χ2v) is 7.54. The molecular weight excluding hydrogens is 272 g/mol. The minimum absolute atomic E-state index is 0.000810. The van der Waals surface area contributed by atoms with Gasteiger partial charge in [0, 0.05) is 10.4 Å². The van der Waals surface area contributed by atoms with Crippen molar-refractivity contribution in [2.24, 2.45) is 5.92 Å². The maximum absolute atomic E-state index is 12.3. The number of halogens is 1. The van der Waals surface area contributed by atoms with Crippen LogP contribution in [0.5, 0.6) is 0 Å². The zero-order valence-corrected chi connectivity index (χ0v) is 13.1. The van der Waals surface area contributed by atoms with Crippen molar-refractivity contribution in [3.05, 3.63) is 34.3 Å². The van der Waals surface area contributed by atoms with Gasteiger partial charge in [-0.25, -0.2) is 0 Å². The van der Waals surface area contributed by atoms with Crippen LogP contribution in [0.4, 0.5) is 0 Å². The van der Waals surface area contributed by atoms with E-state index in [2.05, 4.69) is 12.1 Å². The number of hydrogen-bond donors (Lipinski definition) is 0. The molecule has 108 valence electrons. The van der Waals surface area contributed by atoms with E-state index in [1.165, 1.54) is 11.1 Å². The first-order chi connectivity index (χ1) is 9.32. The summed E-state index contributed by atoms with van der Waals surface area (Å²) in [4.78, 5) is 12.3. The van der Waals surface area contributed by atoms with E-state index in [4.69, 9.17) is 16.3 Å². The molecule has 0 saturated heterocycles. The average Bonchev–Trinajstić information content (AvgIpc) is 3.04. The molecule has 2 atom stereocenters. The maximum atomic E-state index is 12.3. The highest BCUT2D eigenvalue weighted by atomic mass is 35.5. The van der Waals surface area contributed by atoms with Gasteiger partial charge in [0.05, 0.1) is 5.92 Å². The van der Waals surface area contributed by atoms with Crippen LogP contribution < -0.4 is 0 Å². The van der Waals surface area contributed by atoms with E-state index in [0.717, 1.165) is 30.7 Å². The molecule has 0 heterocycles. The lowest BCUT2D eigenvalue weighted by molar-refractivity contribution is -0.157. The Morgan fingerprint density at radius 1 is 1.40 bits per heavy atom. The van der Waals surface area contributed by atoms with Crippen LogP contribution in [0.1, 0.15) is 51.2 Å². The van der Waals surface area contributed by atoms with Gasteiger partial charge < -0.3 is 4.74 Å². The molecule has 1 aromatic carbocycles. The van der Waals surface area contributed by atoms with Gasteiger partial charge in [0.15, 0.2) is 0 Å². The highest BCUT2D eigenvalue weighted by Crippen LogP contribution is 2.61. The minimum atomic E-state index is -0.410. The van der Waals surface area contributed by atoms with Crippen LogP contribution >= 0.6 is 11.6 Å². The summed E-state index contributed by atoms with van der Waals surface area (Å²) in [5, 5.41) is 0.764. The Kier molecular flexibility index (Phi) is 3.13. The van der Waals surface area contributed by atoms with Gasteiger partial charge in [0.2, 0.25) is 0 Å². The van der Waals surface area contributed by atoms with Crippen molar-refractivity contribution in [3.63, 3.8) is 0 Å². The standard InChI is InChI=1S/C17H21ClO2/c1-16(2,3)20-15(19)14-10-17(14)8-4-5-11-6-7-12(18)9-13(11)17/h6-7,9,14H,4-5,8,10H2,1-3H3. The summed E-state index contributed by atoms with van der Waals surface area (Å²) in [5.41, 5.74) is 2.23. The molecular formula is C17H21ClO2. The molecule has 20 heavy (non-hydrogen) atoms. The van der Waals surface area contributed by atoms with Crippen LogP contribution in [0.2, 0.25) is 5.02 Å². The van der Waals surface area contributed by atoms with Gasteiger partial charge in [0.25, 0.3) is 0 Å². The molecule has 0 aliphatic heterocycles. The van der Waals surface area contributed by atoms with Crippen LogP contribution in [0, 0.1) is 5.92 Å². The predicted octanol–water partition coefficient (Wildman–Crippen LogP) is 4.28. The quantitative estimate of drug-likeness (QED) is 0.722. The highest BCUT2D eigenvalue weighted by Gasteiger charge is 2.61. The Morgan fingerprint density at radius 2 is 2.15 bits per heavy atom. The normalized spacial score (nSPS) is 28.1. The number of hydrogen-bond acceptors (Lipinski definition) is 2. The van der Waals surface area contributed by atoms with Crippen LogP contribution in [-0.2, 0) is 21.4 Å². The molecule has 2 nitrogen and oxygen atoms in total. The number of aryl methyl sites for hydroxylation is 1.